The van der Waals surface area contributed by atoms with Crippen LogP contribution in [0.4, 0.5) is 0 Å². The van der Waals surface area contributed by atoms with E-state index in [4.69, 9.17) is 0 Å². The van der Waals surface area contributed by atoms with Gasteiger partial charge in [0.2, 0.25) is 0 Å². The van der Waals surface area contributed by atoms with E-state index in [1.54, 1.807) is 0 Å². The van der Waals surface area contributed by atoms with Gasteiger partial charge in [0.05, 0.1) is 9.34 Å². The van der Waals surface area contributed by atoms with Crippen LogP contribution in [0.3, 0.4) is 0 Å². The lowest BCUT2D eigenvalue weighted by molar-refractivity contribution is -0.0466. The van der Waals surface area contributed by atoms with Crippen molar-refractivity contribution in [1.82, 2.24) is 0 Å². The molecule has 0 saturated heterocycles. The number of hydrogen-bond acceptors (Lipinski definition) is 1. The Morgan fingerprint density at radius 3 is 2.54 bits per heavy atom. The second-order valence-electron chi connectivity index (χ2n) is 5.06. The Morgan fingerprint density at radius 2 is 1.92 bits per heavy atom. The summed E-state index contributed by atoms with van der Waals surface area (Å²) in [5, 5.41) is 10.7. The molecule has 0 aromatic heterocycles. The van der Waals surface area contributed by atoms with Crippen LogP contribution in [0, 0.1) is 23.7 Å². The predicted molar refractivity (Wildman–Crippen MR) is 59.0 cm³/mol. The molecule has 1 N–H and O–H groups in total. The van der Waals surface area contributed by atoms with Gasteiger partial charge in [0, 0.05) is 0 Å². The van der Waals surface area contributed by atoms with E-state index in [1.165, 1.54) is 25.7 Å². The lowest BCUT2D eigenvalue weighted by Crippen LogP contribution is -2.48. The largest absolute Gasteiger partial charge is 0.387 e. The molecule has 0 spiro atoms. The quantitative estimate of drug-likeness (QED) is 0.739. The Morgan fingerprint density at radius 1 is 1.15 bits per heavy atom. The summed E-state index contributed by atoms with van der Waals surface area (Å²) in [6, 6.07) is 0. The average molecular weight is 310 g/mol. The topological polar surface area (TPSA) is 20.2 Å². The molecule has 1 nitrogen and oxygen atoms in total. The van der Waals surface area contributed by atoms with Crippen molar-refractivity contribution in [1.29, 1.82) is 0 Å². The number of rotatable bonds is 1. The molecule has 4 aliphatic carbocycles. The van der Waals surface area contributed by atoms with Gasteiger partial charge in [-0.25, -0.2) is 0 Å². The highest BCUT2D eigenvalue weighted by Crippen LogP contribution is 2.65. The highest BCUT2D eigenvalue weighted by atomic mass is 79.9. The van der Waals surface area contributed by atoms with Crippen LogP contribution in [0.1, 0.15) is 25.7 Å². The Bertz CT molecular complexity index is 239. The Hall–Kier alpha value is 0.920. The molecule has 5 atom stereocenters. The number of halogens is 2. The van der Waals surface area contributed by atoms with Gasteiger partial charge in [-0.3, -0.25) is 0 Å². The monoisotopic (exact) mass is 308 g/mol. The van der Waals surface area contributed by atoms with Crippen molar-refractivity contribution >= 4 is 31.9 Å². The van der Waals surface area contributed by atoms with Crippen LogP contribution in [-0.4, -0.2) is 14.4 Å². The first-order valence-corrected chi connectivity index (χ1v) is 6.96. The first kappa shape index (κ1) is 9.17. The van der Waals surface area contributed by atoms with Crippen LogP contribution in [0.2, 0.25) is 0 Å². The van der Waals surface area contributed by atoms with Gasteiger partial charge >= 0.3 is 0 Å². The third kappa shape index (κ3) is 1.02. The molecule has 4 bridgehead atoms. The molecule has 13 heavy (non-hydrogen) atoms. The summed E-state index contributed by atoms with van der Waals surface area (Å²) >= 11 is 7.05. The third-order valence-corrected chi connectivity index (χ3v) is 6.06. The minimum absolute atomic E-state index is 0.0894. The molecule has 0 aromatic rings. The fraction of sp³-hybridized carbons (Fsp3) is 1.00. The summed E-state index contributed by atoms with van der Waals surface area (Å²) in [7, 11) is 0. The lowest BCUT2D eigenvalue weighted by Gasteiger charge is -2.41. The molecule has 4 rings (SSSR count). The molecule has 4 aliphatic rings. The van der Waals surface area contributed by atoms with Crippen molar-refractivity contribution in [2.24, 2.45) is 23.7 Å². The molecule has 0 aromatic carbocycles. The standard InChI is InChI=1S/C10H14Br2O/c11-9(12)10(13)7-2-5-1-6(4-7)8(10)3-5/h5-9,13H,1-4H2/t5?,6?,7?,8?,10-/m0/s1. The summed E-state index contributed by atoms with van der Waals surface area (Å²) in [5.41, 5.74) is -0.447. The Balaban J connectivity index is 1.99. The van der Waals surface area contributed by atoms with Crippen molar-refractivity contribution in [2.45, 2.75) is 35.0 Å². The van der Waals surface area contributed by atoms with Crippen LogP contribution in [0.5, 0.6) is 0 Å². The van der Waals surface area contributed by atoms with Crippen LogP contribution in [-0.2, 0) is 0 Å². The second-order valence-corrected chi connectivity index (χ2v) is 8.12. The van der Waals surface area contributed by atoms with E-state index in [9.17, 15) is 5.11 Å². The van der Waals surface area contributed by atoms with Crippen molar-refractivity contribution in [2.75, 3.05) is 0 Å². The van der Waals surface area contributed by atoms with Gasteiger partial charge in [0.1, 0.15) is 0 Å². The van der Waals surface area contributed by atoms with Crippen LogP contribution < -0.4 is 0 Å². The van der Waals surface area contributed by atoms with Gasteiger partial charge in [-0.05, 0) is 49.4 Å². The van der Waals surface area contributed by atoms with Gasteiger partial charge in [0.15, 0.2) is 0 Å². The van der Waals surface area contributed by atoms with E-state index in [-0.39, 0.29) is 3.74 Å². The van der Waals surface area contributed by atoms with E-state index in [2.05, 4.69) is 31.9 Å². The zero-order valence-electron chi connectivity index (χ0n) is 7.42. The second kappa shape index (κ2) is 2.73. The van der Waals surface area contributed by atoms with E-state index < -0.39 is 5.60 Å². The molecule has 4 unspecified atom stereocenters. The molecule has 3 heteroatoms. The zero-order valence-corrected chi connectivity index (χ0v) is 10.6. The van der Waals surface area contributed by atoms with Crippen molar-refractivity contribution in [3.63, 3.8) is 0 Å². The molecule has 0 radical (unpaired) electrons. The third-order valence-electron chi connectivity index (χ3n) is 4.60. The van der Waals surface area contributed by atoms with Crippen molar-refractivity contribution < 1.29 is 5.11 Å². The van der Waals surface area contributed by atoms with Gasteiger partial charge in [-0.15, -0.1) is 0 Å². The summed E-state index contributed by atoms with van der Waals surface area (Å²) in [5.74, 6) is 2.89. The van der Waals surface area contributed by atoms with Gasteiger partial charge in [0.25, 0.3) is 0 Å². The number of aliphatic hydroxyl groups is 1. The fourth-order valence-electron chi connectivity index (χ4n) is 4.14. The average Bonchev–Trinajstić information content (AvgIpc) is 2.46. The van der Waals surface area contributed by atoms with E-state index in [1.807, 2.05) is 0 Å². The van der Waals surface area contributed by atoms with E-state index in [0.717, 1.165) is 11.8 Å². The molecular weight excluding hydrogens is 296 g/mol. The SMILES string of the molecule is O[C@@]1(C(Br)Br)C2CC3CC(C2)C1C3. The molecule has 4 fully saturated rings. The van der Waals surface area contributed by atoms with Crippen LogP contribution in [0.25, 0.3) is 0 Å². The molecule has 74 valence electrons. The molecule has 0 amide bonds. The van der Waals surface area contributed by atoms with Crippen molar-refractivity contribution in [3.05, 3.63) is 0 Å². The maximum absolute atomic E-state index is 10.7. The highest BCUT2D eigenvalue weighted by molar-refractivity contribution is 9.24. The van der Waals surface area contributed by atoms with Gasteiger partial charge in [-0.1, -0.05) is 31.9 Å². The lowest BCUT2D eigenvalue weighted by atomic mass is 9.73. The van der Waals surface area contributed by atoms with Gasteiger partial charge < -0.3 is 5.11 Å². The van der Waals surface area contributed by atoms with Crippen LogP contribution in [0.15, 0.2) is 0 Å². The van der Waals surface area contributed by atoms with E-state index >= 15 is 0 Å². The zero-order chi connectivity index (χ0) is 9.22. The summed E-state index contributed by atoms with van der Waals surface area (Å²) in [4.78, 5) is 0. The fourth-order valence-corrected chi connectivity index (χ4v) is 5.57. The first-order chi connectivity index (χ1) is 6.12. The highest BCUT2D eigenvalue weighted by Gasteiger charge is 2.63. The van der Waals surface area contributed by atoms with Crippen LogP contribution >= 0.6 is 31.9 Å². The first-order valence-electron chi connectivity index (χ1n) is 5.13. The molecule has 0 heterocycles. The Labute approximate surface area is 95.5 Å². The summed E-state index contributed by atoms with van der Waals surface area (Å²) < 4.78 is 0.0894. The summed E-state index contributed by atoms with van der Waals surface area (Å²) in [6.45, 7) is 0. The molecule has 0 aliphatic heterocycles. The predicted octanol–water partition coefficient (Wildman–Crippen LogP) is 2.90. The van der Waals surface area contributed by atoms with Crippen molar-refractivity contribution in [3.8, 4) is 0 Å². The summed E-state index contributed by atoms with van der Waals surface area (Å²) in [6.07, 6.45) is 5.18. The maximum Gasteiger partial charge on any atom is 0.0989 e. The normalized spacial score (nSPS) is 58.2. The smallest absolute Gasteiger partial charge is 0.0989 e. The maximum atomic E-state index is 10.7. The number of hydrogen-bond donors (Lipinski definition) is 1. The minimum Gasteiger partial charge on any atom is -0.387 e. The Kier molecular flexibility index (Phi) is 1.93. The van der Waals surface area contributed by atoms with E-state index in [0.29, 0.717) is 11.8 Å². The number of alkyl halides is 2. The minimum atomic E-state index is -0.447. The molecular formula is C10H14Br2O. The van der Waals surface area contributed by atoms with Gasteiger partial charge in [-0.2, -0.15) is 0 Å². The molecule has 4 saturated carbocycles.